The summed E-state index contributed by atoms with van der Waals surface area (Å²) in [6.07, 6.45) is 5.58. The molecule has 0 saturated heterocycles. The summed E-state index contributed by atoms with van der Waals surface area (Å²) in [6.45, 7) is 1.97. The van der Waals surface area contributed by atoms with Crippen molar-refractivity contribution in [3.63, 3.8) is 0 Å². The molecule has 2 aliphatic rings. The molecule has 0 fully saturated rings. The number of aryl methyl sites for hydroxylation is 1. The number of carbonyl (C=O) groups is 3. The number of nitrogens with one attached hydrogen (secondary N) is 1. The van der Waals surface area contributed by atoms with E-state index in [-0.39, 0.29) is 19.4 Å². The number of aliphatic carboxylic acids is 1. The lowest BCUT2D eigenvalue weighted by atomic mass is 9.82. The Hall–Kier alpha value is -1.86. The van der Waals surface area contributed by atoms with Crippen LogP contribution in [-0.2, 0) is 27.2 Å². The van der Waals surface area contributed by atoms with Gasteiger partial charge in [-0.2, -0.15) is 0 Å². The van der Waals surface area contributed by atoms with Crippen LogP contribution in [0.3, 0.4) is 0 Å². The second kappa shape index (κ2) is 8.44. The maximum atomic E-state index is 12.8. The minimum atomic E-state index is -1.27. The van der Waals surface area contributed by atoms with Crippen LogP contribution >= 0.6 is 22.9 Å². The van der Waals surface area contributed by atoms with Gasteiger partial charge >= 0.3 is 5.97 Å². The maximum absolute atomic E-state index is 12.8. The van der Waals surface area contributed by atoms with Crippen LogP contribution in [0, 0.1) is 11.8 Å². The predicted molar refractivity (Wildman–Crippen MR) is 101 cm³/mol. The zero-order valence-electron chi connectivity index (χ0n) is 15.0. The fraction of sp³-hybridized carbons (Fsp3) is 0.526. The first-order valence-electron chi connectivity index (χ1n) is 9.10. The van der Waals surface area contributed by atoms with Crippen molar-refractivity contribution in [3.8, 4) is 0 Å². The number of ether oxygens (including phenoxy) is 1. The number of esters is 1. The Morgan fingerprint density at radius 3 is 2.74 bits per heavy atom. The number of rotatable bonds is 5. The molecule has 0 saturated carbocycles. The van der Waals surface area contributed by atoms with Gasteiger partial charge in [0.05, 0.1) is 18.1 Å². The Balaban J connectivity index is 1.89. The Morgan fingerprint density at radius 2 is 2.04 bits per heavy atom. The number of hydrogen-bond donors (Lipinski definition) is 1. The van der Waals surface area contributed by atoms with E-state index < -0.39 is 29.7 Å². The van der Waals surface area contributed by atoms with Crippen molar-refractivity contribution >= 4 is 45.8 Å². The molecule has 3 rings (SSSR count). The lowest BCUT2D eigenvalue weighted by Crippen LogP contribution is -2.42. The second-order valence-corrected chi connectivity index (χ2v) is 8.34. The molecule has 6 nitrogen and oxygen atoms in total. The van der Waals surface area contributed by atoms with Gasteiger partial charge < -0.3 is 20.0 Å². The quantitative estimate of drug-likeness (QED) is 0.753. The lowest BCUT2D eigenvalue weighted by Gasteiger charge is -2.29. The molecule has 8 heteroatoms. The van der Waals surface area contributed by atoms with Gasteiger partial charge in [0, 0.05) is 21.8 Å². The Bertz CT molecular complexity index is 800. The SMILES string of the molecule is CCOC(=O)c1c(NC(=O)[C@H]2CC(Cl)=CC[C@@H]2C(=O)[O-])sc2c1CCCC2. The zero-order chi connectivity index (χ0) is 19.6. The largest absolute Gasteiger partial charge is 0.550 e. The van der Waals surface area contributed by atoms with Crippen molar-refractivity contribution in [1.29, 1.82) is 0 Å². The molecule has 2 aliphatic carbocycles. The molecule has 0 aromatic carbocycles. The third kappa shape index (κ3) is 4.19. The molecule has 0 bridgehead atoms. The summed E-state index contributed by atoms with van der Waals surface area (Å²) in [6, 6.07) is 0. The molecule has 146 valence electrons. The molecule has 1 N–H and O–H groups in total. The maximum Gasteiger partial charge on any atom is 0.341 e. The lowest BCUT2D eigenvalue weighted by molar-refractivity contribution is -0.313. The molecule has 1 amide bonds. The third-order valence-electron chi connectivity index (χ3n) is 5.02. The van der Waals surface area contributed by atoms with E-state index in [1.165, 1.54) is 11.3 Å². The summed E-state index contributed by atoms with van der Waals surface area (Å²) in [7, 11) is 0. The molecule has 0 spiro atoms. The number of carboxylic acid groups (broad SMARTS) is 1. The van der Waals surface area contributed by atoms with Gasteiger partial charge in [-0.15, -0.1) is 11.3 Å². The van der Waals surface area contributed by atoms with Crippen LogP contribution < -0.4 is 10.4 Å². The fourth-order valence-corrected chi connectivity index (χ4v) is 5.20. The topological polar surface area (TPSA) is 95.5 Å². The van der Waals surface area contributed by atoms with Crippen molar-refractivity contribution in [3.05, 3.63) is 27.1 Å². The summed E-state index contributed by atoms with van der Waals surface area (Å²) in [4.78, 5) is 37.8. The van der Waals surface area contributed by atoms with Crippen LogP contribution in [0.2, 0.25) is 0 Å². The number of carbonyl (C=O) groups excluding carboxylic acids is 3. The highest BCUT2D eigenvalue weighted by atomic mass is 35.5. The average molecular weight is 411 g/mol. The number of allylic oxidation sites excluding steroid dienone is 2. The van der Waals surface area contributed by atoms with E-state index in [9.17, 15) is 19.5 Å². The van der Waals surface area contributed by atoms with Crippen LogP contribution in [-0.4, -0.2) is 24.5 Å². The van der Waals surface area contributed by atoms with Gasteiger partial charge in [-0.3, -0.25) is 4.79 Å². The average Bonchev–Trinajstić information content (AvgIpc) is 2.99. The molecule has 1 aromatic heterocycles. The highest BCUT2D eigenvalue weighted by molar-refractivity contribution is 7.17. The minimum absolute atomic E-state index is 0.145. The smallest absolute Gasteiger partial charge is 0.341 e. The summed E-state index contributed by atoms with van der Waals surface area (Å²) >= 11 is 7.41. The van der Waals surface area contributed by atoms with Crippen LogP contribution in [0.1, 0.15) is 53.4 Å². The van der Waals surface area contributed by atoms with Crippen molar-refractivity contribution in [1.82, 2.24) is 0 Å². The first kappa shape index (κ1) is 19.9. The van der Waals surface area contributed by atoms with E-state index in [0.29, 0.717) is 15.6 Å². The summed E-state index contributed by atoms with van der Waals surface area (Å²) in [5, 5.41) is 15.1. The number of halogens is 1. The van der Waals surface area contributed by atoms with Gasteiger partial charge in [0.2, 0.25) is 5.91 Å². The third-order valence-corrected chi connectivity index (χ3v) is 6.54. The molecule has 27 heavy (non-hydrogen) atoms. The molecule has 2 atom stereocenters. The molecule has 0 aliphatic heterocycles. The van der Waals surface area contributed by atoms with Crippen LogP contribution in [0.25, 0.3) is 0 Å². The highest BCUT2D eigenvalue weighted by Crippen LogP contribution is 2.40. The summed E-state index contributed by atoms with van der Waals surface area (Å²) < 4.78 is 5.18. The number of amides is 1. The van der Waals surface area contributed by atoms with Crippen molar-refractivity contribution in [2.75, 3.05) is 11.9 Å². The zero-order valence-corrected chi connectivity index (χ0v) is 16.6. The van der Waals surface area contributed by atoms with E-state index >= 15 is 0 Å². The Labute approximate surface area is 166 Å². The van der Waals surface area contributed by atoms with Gasteiger partial charge in [0.25, 0.3) is 0 Å². The van der Waals surface area contributed by atoms with Gasteiger partial charge in [-0.05, 0) is 51.0 Å². The fourth-order valence-electron chi connectivity index (χ4n) is 3.67. The van der Waals surface area contributed by atoms with Gasteiger partial charge in [0.15, 0.2) is 0 Å². The van der Waals surface area contributed by atoms with Gasteiger partial charge in [0.1, 0.15) is 5.00 Å². The molecule has 0 radical (unpaired) electrons. The van der Waals surface area contributed by atoms with E-state index in [1.54, 1.807) is 13.0 Å². The summed E-state index contributed by atoms with van der Waals surface area (Å²) in [5.74, 6) is -3.95. The number of hydrogen-bond acceptors (Lipinski definition) is 6. The molecule has 0 unspecified atom stereocenters. The first-order chi connectivity index (χ1) is 12.9. The van der Waals surface area contributed by atoms with Crippen molar-refractivity contribution in [2.45, 2.75) is 45.4 Å². The molecule has 1 aromatic rings. The standard InChI is InChI=1S/C19H22ClNO5S/c1-2-26-19(25)15-12-5-3-4-6-14(12)27-17(15)21-16(22)13-9-10(20)7-8-11(13)18(23)24/h7,11,13H,2-6,8-9H2,1H3,(H,21,22)(H,23,24)/p-1/t11-,13-/m0/s1. The van der Waals surface area contributed by atoms with Gasteiger partial charge in [-0.1, -0.05) is 17.7 Å². The minimum Gasteiger partial charge on any atom is -0.550 e. The highest BCUT2D eigenvalue weighted by Gasteiger charge is 2.34. The number of fused-ring (bicyclic) bond motifs is 1. The normalized spacial score (nSPS) is 21.8. The number of carboxylic acids is 1. The van der Waals surface area contributed by atoms with E-state index in [2.05, 4.69) is 5.32 Å². The van der Waals surface area contributed by atoms with Crippen LogP contribution in [0.5, 0.6) is 0 Å². The van der Waals surface area contributed by atoms with E-state index in [4.69, 9.17) is 16.3 Å². The Kier molecular flexibility index (Phi) is 6.22. The monoisotopic (exact) mass is 410 g/mol. The number of thiophene rings is 1. The van der Waals surface area contributed by atoms with E-state index in [1.807, 2.05) is 0 Å². The van der Waals surface area contributed by atoms with E-state index in [0.717, 1.165) is 36.1 Å². The second-order valence-electron chi connectivity index (χ2n) is 6.75. The van der Waals surface area contributed by atoms with Crippen molar-refractivity contribution in [2.24, 2.45) is 11.8 Å². The molecular weight excluding hydrogens is 390 g/mol. The Morgan fingerprint density at radius 1 is 1.30 bits per heavy atom. The predicted octanol–water partition coefficient (Wildman–Crippen LogP) is 2.64. The van der Waals surface area contributed by atoms with Crippen molar-refractivity contribution < 1.29 is 24.2 Å². The first-order valence-corrected chi connectivity index (χ1v) is 10.3. The van der Waals surface area contributed by atoms with Crippen LogP contribution in [0.4, 0.5) is 5.00 Å². The number of anilines is 1. The van der Waals surface area contributed by atoms with Crippen LogP contribution in [0.15, 0.2) is 11.1 Å². The molecule has 1 heterocycles. The van der Waals surface area contributed by atoms with Gasteiger partial charge in [-0.25, -0.2) is 4.79 Å². The molecular formula is C19H21ClNO5S-. The summed E-state index contributed by atoms with van der Waals surface area (Å²) in [5.41, 5.74) is 1.35.